The van der Waals surface area contributed by atoms with Crippen LogP contribution in [0.1, 0.15) is 28.9 Å². The molecule has 166 valence electrons. The number of rotatable bonds is 9. The third kappa shape index (κ3) is 5.81. The summed E-state index contributed by atoms with van der Waals surface area (Å²) in [6.07, 6.45) is 0.528. The molecule has 2 heterocycles. The summed E-state index contributed by atoms with van der Waals surface area (Å²) in [6.45, 7) is 13.8. The van der Waals surface area contributed by atoms with E-state index in [-0.39, 0.29) is 0 Å². The smallest absolute Gasteiger partial charge is 0.235 e. The number of nitrogens with two attached hydrogens (primary N) is 1. The molecule has 2 aromatic rings. The Bertz CT molecular complexity index is 1030. The molecule has 9 heteroatoms. The van der Waals surface area contributed by atoms with Crippen molar-refractivity contribution in [2.45, 2.75) is 28.6 Å². The number of benzene rings is 1. The number of carbonyl (C=O) groups excluding carboxylic acids is 1. The second kappa shape index (κ2) is 11.9. The molecule has 1 aliphatic rings. The van der Waals surface area contributed by atoms with Crippen LogP contribution in [0.25, 0.3) is 4.85 Å². The minimum atomic E-state index is -0.675. The molecule has 1 fully saturated rings. The lowest BCUT2D eigenvalue weighted by molar-refractivity contribution is -0.117. The summed E-state index contributed by atoms with van der Waals surface area (Å²) < 4.78 is 5.39. The van der Waals surface area contributed by atoms with E-state index < -0.39 is 11.2 Å². The summed E-state index contributed by atoms with van der Waals surface area (Å²) >= 11 is 2.69. The summed E-state index contributed by atoms with van der Waals surface area (Å²) in [4.78, 5) is 23.0. The fourth-order valence-corrected chi connectivity index (χ4v) is 5.59. The normalized spacial score (nSPS) is 15.0. The molecule has 1 saturated heterocycles. The number of nitriles is 1. The van der Waals surface area contributed by atoms with Gasteiger partial charge in [-0.15, -0.1) is 11.8 Å². The van der Waals surface area contributed by atoms with Crippen LogP contribution >= 0.6 is 23.5 Å². The van der Waals surface area contributed by atoms with E-state index >= 15 is 0 Å². The predicted octanol–water partition coefficient (Wildman–Crippen LogP) is 3.81. The molecular formula is C23H25N5O2S2. The number of hydrogen-bond donors (Lipinski definition) is 1. The highest BCUT2D eigenvalue weighted by atomic mass is 32.2. The number of aromatic nitrogens is 1. The summed E-state index contributed by atoms with van der Waals surface area (Å²) in [5.74, 6) is 0.271. The molecule has 2 N–H and O–H groups in total. The van der Waals surface area contributed by atoms with Crippen LogP contribution in [-0.2, 0) is 16.0 Å². The van der Waals surface area contributed by atoms with Crippen LogP contribution in [0.5, 0.6) is 0 Å². The Kier molecular flexibility index (Phi) is 8.95. The van der Waals surface area contributed by atoms with E-state index in [1.54, 1.807) is 0 Å². The number of hydrogen-bond acceptors (Lipinski definition) is 7. The van der Waals surface area contributed by atoms with Gasteiger partial charge in [0.05, 0.1) is 25.3 Å². The summed E-state index contributed by atoms with van der Waals surface area (Å²) in [6, 6.07) is 11.4. The first-order valence-corrected chi connectivity index (χ1v) is 12.2. The van der Waals surface area contributed by atoms with Gasteiger partial charge in [-0.25, -0.2) is 9.83 Å². The summed E-state index contributed by atoms with van der Waals surface area (Å²) in [5, 5.41) is 10.2. The fraction of sp³-hybridized carbons (Fsp3) is 0.391. The van der Waals surface area contributed by atoms with Gasteiger partial charge in [-0.05, 0) is 17.5 Å². The number of thioether (sulfide) groups is 2. The Morgan fingerprint density at radius 2 is 2.06 bits per heavy atom. The van der Waals surface area contributed by atoms with Gasteiger partial charge in [0.15, 0.2) is 0 Å². The molecule has 32 heavy (non-hydrogen) atoms. The summed E-state index contributed by atoms with van der Waals surface area (Å²) in [7, 11) is 0. The standard InChI is InChI=1S/C23H25N5O2S2/c1-3-17-18(15-24)22(32-20(21(25)29)16-7-5-4-6-8-16)27-23(19(17)26-2)31-14-11-28-9-12-30-13-10-28/h4-8,20H,3,9-14H2,1H3,(H2,25,29). The lowest BCUT2D eigenvalue weighted by atomic mass is 10.1. The zero-order chi connectivity index (χ0) is 22.9. The number of amides is 1. The van der Waals surface area contributed by atoms with Crippen molar-refractivity contribution < 1.29 is 9.53 Å². The van der Waals surface area contributed by atoms with Gasteiger partial charge in [0.2, 0.25) is 11.6 Å². The molecule has 0 aliphatic carbocycles. The lowest BCUT2D eigenvalue weighted by Gasteiger charge is -2.26. The third-order valence-electron chi connectivity index (χ3n) is 5.12. The molecule has 0 spiro atoms. The number of primary amides is 1. The van der Waals surface area contributed by atoms with Crippen molar-refractivity contribution in [1.82, 2.24) is 9.88 Å². The molecule has 1 aromatic heterocycles. The Morgan fingerprint density at radius 1 is 1.34 bits per heavy atom. The predicted molar refractivity (Wildman–Crippen MR) is 127 cm³/mol. The molecule has 1 unspecified atom stereocenters. The van der Waals surface area contributed by atoms with Crippen LogP contribution in [0.3, 0.4) is 0 Å². The van der Waals surface area contributed by atoms with Gasteiger partial charge in [-0.2, -0.15) is 5.26 Å². The maximum atomic E-state index is 12.2. The van der Waals surface area contributed by atoms with Crippen LogP contribution in [0.15, 0.2) is 40.4 Å². The Labute approximate surface area is 197 Å². The molecule has 3 rings (SSSR count). The average Bonchev–Trinajstić information content (AvgIpc) is 2.82. The third-order valence-corrected chi connectivity index (χ3v) is 7.33. The fourth-order valence-electron chi connectivity index (χ4n) is 3.46. The molecule has 0 radical (unpaired) electrons. The highest BCUT2D eigenvalue weighted by Gasteiger charge is 2.26. The van der Waals surface area contributed by atoms with Crippen LogP contribution in [0.2, 0.25) is 0 Å². The van der Waals surface area contributed by atoms with E-state index in [9.17, 15) is 10.1 Å². The van der Waals surface area contributed by atoms with Crippen molar-refractivity contribution in [3.63, 3.8) is 0 Å². The SMILES string of the molecule is [C-]#[N+]c1c(SCCN2CCOCC2)nc(SC(C(N)=O)c2ccccc2)c(C#N)c1CC. The molecule has 1 atom stereocenters. The van der Waals surface area contributed by atoms with Gasteiger partial charge in [-0.1, -0.05) is 49.0 Å². The van der Waals surface area contributed by atoms with Crippen molar-refractivity contribution in [3.05, 3.63) is 58.4 Å². The first-order valence-electron chi connectivity index (χ1n) is 10.4. The van der Waals surface area contributed by atoms with E-state index in [1.165, 1.54) is 23.5 Å². The minimum absolute atomic E-state index is 0.350. The van der Waals surface area contributed by atoms with Crippen molar-refractivity contribution in [3.8, 4) is 6.07 Å². The minimum Gasteiger partial charge on any atom is -0.379 e. The van der Waals surface area contributed by atoms with Gasteiger partial charge in [0.1, 0.15) is 21.4 Å². The van der Waals surface area contributed by atoms with Crippen molar-refractivity contribution in [1.29, 1.82) is 5.26 Å². The van der Waals surface area contributed by atoms with Crippen LogP contribution in [-0.4, -0.2) is 54.4 Å². The van der Waals surface area contributed by atoms with E-state index in [0.29, 0.717) is 33.3 Å². The van der Waals surface area contributed by atoms with Crippen LogP contribution in [0.4, 0.5) is 5.69 Å². The van der Waals surface area contributed by atoms with Gasteiger partial charge < -0.3 is 10.5 Å². The number of pyridine rings is 1. The quantitative estimate of drug-likeness (QED) is 0.442. The number of carbonyl (C=O) groups is 1. The topological polar surface area (TPSA) is 96.6 Å². The second-order valence-corrected chi connectivity index (χ2v) is 9.29. The van der Waals surface area contributed by atoms with E-state index in [0.717, 1.165) is 44.2 Å². The van der Waals surface area contributed by atoms with Crippen LogP contribution < -0.4 is 5.73 Å². The zero-order valence-corrected chi connectivity index (χ0v) is 19.5. The molecule has 0 saturated carbocycles. The molecular weight excluding hydrogens is 442 g/mol. The van der Waals surface area contributed by atoms with Gasteiger partial charge >= 0.3 is 0 Å². The molecule has 1 amide bonds. The number of nitrogens with zero attached hydrogens (tertiary/aromatic N) is 4. The van der Waals surface area contributed by atoms with Gasteiger partial charge in [0, 0.05) is 25.4 Å². The number of morpholine rings is 1. The Hall–Kier alpha value is -2.56. The van der Waals surface area contributed by atoms with E-state index in [4.69, 9.17) is 22.0 Å². The van der Waals surface area contributed by atoms with Crippen molar-refractivity contribution in [2.75, 3.05) is 38.6 Å². The largest absolute Gasteiger partial charge is 0.379 e. The number of ether oxygens (including phenoxy) is 1. The Balaban J connectivity index is 1.92. The highest BCUT2D eigenvalue weighted by molar-refractivity contribution is 8.00. The maximum absolute atomic E-state index is 12.2. The van der Waals surface area contributed by atoms with Gasteiger partial charge in [0.25, 0.3) is 0 Å². The average molecular weight is 468 g/mol. The van der Waals surface area contributed by atoms with Crippen LogP contribution in [0, 0.1) is 17.9 Å². The Morgan fingerprint density at radius 3 is 2.66 bits per heavy atom. The first-order chi connectivity index (χ1) is 15.6. The monoisotopic (exact) mass is 467 g/mol. The van der Waals surface area contributed by atoms with Crippen molar-refractivity contribution in [2.24, 2.45) is 5.73 Å². The van der Waals surface area contributed by atoms with Crippen molar-refractivity contribution >= 4 is 35.1 Å². The molecule has 7 nitrogen and oxygen atoms in total. The maximum Gasteiger partial charge on any atom is 0.235 e. The highest BCUT2D eigenvalue weighted by Crippen LogP contribution is 2.42. The van der Waals surface area contributed by atoms with E-state index in [2.05, 4.69) is 15.8 Å². The van der Waals surface area contributed by atoms with Gasteiger partial charge in [-0.3, -0.25) is 9.69 Å². The zero-order valence-electron chi connectivity index (χ0n) is 17.9. The molecule has 1 aliphatic heterocycles. The second-order valence-electron chi connectivity index (χ2n) is 7.11. The van der Waals surface area contributed by atoms with E-state index in [1.807, 2.05) is 37.3 Å². The molecule has 1 aromatic carbocycles. The molecule has 0 bridgehead atoms. The first kappa shape index (κ1) is 24.1. The lowest BCUT2D eigenvalue weighted by Crippen LogP contribution is -2.37. The summed E-state index contributed by atoms with van der Waals surface area (Å²) in [5.41, 5.74) is 7.90.